The average Bonchev–Trinajstić information content (AvgIpc) is 2.67. The van der Waals surface area contributed by atoms with Gasteiger partial charge in [0.1, 0.15) is 0 Å². The van der Waals surface area contributed by atoms with Crippen LogP contribution in [0.3, 0.4) is 0 Å². The summed E-state index contributed by atoms with van der Waals surface area (Å²) in [6.07, 6.45) is 5.31. The Labute approximate surface area is 107 Å². The molecular formula is C15H18N2O. The molecule has 3 nitrogen and oxygen atoms in total. The first-order chi connectivity index (χ1) is 8.92. The highest BCUT2D eigenvalue weighted by atomic mass is 16.5. The van der Waals surface area contributed by atoms with E-state index in [4.69, 9.17) is 4.74 Å². The molecule has 1 aliphatic heterocycles. The topological polar surface area (TPSA) is 34.2 Å². The molecule has 1 saturated heterocycles. The minimum atomic E-state index is 0.510. The van der Waals surface area contributed by atoms with Gasteiger partial charge in [-0.15, -0.1) is 0 Å². The highest BCUT2D eigenvalue weighted by molar-refractivity contribution is 5.81. The number of rotatable bonds is 2. The van der Waals surface area contributed by atoms with E-state index in [-0.39, 0.29) is 0 Å². The van der Waals surface area contributed by atoms with Crippen molar-refractivity contribution in [3.8, 4) is 0 Å². The largest absolute Gasteiger partial charge is 0.381 e. The maximum absolute atomic E-state index is 5.48. The first-order valence-corrected chi connectivity index (χ1v) is 6.61. The van der Waals surface area contributed by atoms with E-state index in [1.54, 1.807) is 0 Å². The number of pyridine rings is 1. The monoisotopic (exact) mass is 242 g/mol. The zero-order valence-corrected chi connectivity index (χ0v) is 10.4. The lowest BCUT2D eigenvalue weighted by Crippen LogP contribution is -2.19. The molecule has 0 saturated carbocycles. The normalized spacial score (nSPS) is 20.6. The van der Waals surface area contributed by atoms with Gasteiger partial charge in [-0.2, -0.15) is 0 Å². The number of ether oxygens (including phenoxy) is 1. The lowest BCUT2D eigenvalue weighted by Gasteiger charge is -2.17. The van der Waals surface area contributed by atoms with E-state index < -0.39 is 0 Å². The third kappa shape index (κ3) is 2.62. The quantitative estimate of drug-likeness (QED) is 0.878. The Kier molecular flexibility index (Phi) is 3.42. The maximum atomic E-state index is 5.48. The number of para-hydroxylation sites is 1. The van der Waals surface area contributed by atoms with Crippen LogP contribution in [0.25, 0.3) is 10.9 Å². The van der Waals surface area contributed by atoms with Gasteiger partial charge in [0.15, 0.2) is 0 Å². The Balaban J connectivity index is 1.77. The molecule has 1 N–H and O–H groups in total. The van der Waals surface area contributed by atoms with Gasteiger partial charge in [-0.1, -0.05) is 18.2 Å². The molecule has 0 aliphatic carbocycles. The number of nitrogens with zero attached hydrogens (tertiary/aromatic N) is 1. The van der Waals surface area contributed by atoms with Gasteiger partial charge >= 0.3 is 0 Å². The van der Waals surface area contributed by atoms with Crippen molar-refractivity contribution in [1.82, 2.24) is 4.98 Å². The average molecular weight is 242 g/mol. The first kappa shape index (κ1) is 11.5. The molecule has 1 aromatic carbocycles. The Morgan fingerprint density at radius 2 is 2.11 bits per heavy atom. The van der Waals surface area contributed by atoms with E-state index in [0.29, 0.717) is 6.04 Å². The Morgan fingerprint density at radius 3 is 3.11 bits per heavy atom. The van der Waals surface area contributed by atoms with Gasteiger partial charge in [0.2, 0.25) is 0 Å². The highest BCUT2D eigenvalue weighted by Gasteiger charge is 2.12. The van der Waals surface area contributed by atoms with E-state index in [2.05, 4.69) is 22.4 Å². The van der Waals surface area contributed by atoms with Crippen LogP contribution >= 0.6 is 0 Å². The fourth-order valence-corrected chi connectivity index (χ4v) is 2.43. The van der Waals surface area contributed by atoms with E-state index in [1.807, 2.05) is 24.4 Å². The molecule has 0 radical (unpaired) electrons. The molecule has 3 heteroatoms. The number of hydrogen-bond donors (Lipinski definition) is 1. The summed E-state index contributed by atoms with van der Waals surface area (Å²) in [4.78, 5) is 4.48. The second-order valence-corrected chi connectivity index (χ2v) is 4.80. The van der Waals surface area contributed by atoms with Crippen molar-refractivity contribution in [2.45, 2.75) is 25.3 Å². The SMILES string of the molecule is c1ccc2ncc(NC3CCCOCC3)cc2c1. The van der Waals surface area contributed by atoms with E-state index in [1.165, 1.54) is 11.8 Å². The maximum Gasteiger partial charge on any atom is 0.0703 e. The molecule has 1 atom stereocenters. The van der Waals surface area contributed by atoms with Gasteiger partial charge in [-0.25, -0.2) is 0 Å². The van der Waals surface area contributed by atoms with Crippen LogP contribution in [-0.2, 0) is 4.74 Å². The summed E-state index contributed by atoms with van der Waals surface area (Å²) >= 11 is 0. The molecule has 1 unspecified atom stereocenters. The number of aromatic nitrogens is 1. The zero-order chi connectivity index (χ0) is 12.2. The third-order valence-corrected chi connectivity index (χ3v) is 3.41. The van der Waals surface area contributed by atoms with Crippen molar-refractivity contribution in [2.75, 3.05) is 18.5 Å². The number of hydrogen-bond acceptors (Lipinski definition) is 3. The standard InChI is InChI=1S/C15H18N2O/c1-2-6-15-12(4-1)10-14(11-16-15)17-13-5-3-8-18-9-7-13/h1-2,4,6,10-11,13,17H,3,5,7-9H2. The molecule has 0 bridgehead atoms. The smallest absolute Gasteiger partial charge is 0.0703 e. The fourth-order valence-electron chi connectivity index (χ4n) is 2.43. The summed E-state index contributed by atoms with van der Waals surface area (Å²) in [7, 11) is 0. The summed E-state index contributed by atoms with van der Waals surface area (Å²) in [5.74, 6) is 0. The van der Waals surface area contributed by atoms with Gasteiger partial charge in [0.05, 0.1) is 17.4 Å². The van der Waals surface area contributed by atoms with Crippen LogP contribution in [0.4, 0.5) is 5.69 Å². The van der Waals surface area contributed by atoms with E-state index in [0.717, 1.165) is 37.3 Å². The van der Waals surface area contributed by atoms with Crippen molar-refractivity contribution in [3.05, 3.63) is 36.5 Å². The number of benzene rings is 1. The number of nitrogens with one attached hydrogen (secondary N) is 1. The van der Waals surface area contributed by atoms with Crippen LogP contribution in [0, 0.1) is 0 Å². The van der Waals surface area contributed by atoms with Gasteiger partial charge in [-0.05, 0) is 31.4 Å². The third-order valence-electron chi connectivity index (χ3n) is 3.41. The lowest BCUT2D eigenvalue weighted by molar-refractivity contribution is 0.144. The molecular weight excluding hydrogens is 224 g/mol. The van der Waals surface area contributed by atoms with E-state index >= 15 is 0 Å². The van der Waals surface area contributed by atoms with Gasteiger partial charge < -0.3 is 10.1 Å². The molecule has 1 aromatic heterocycles. The lowest BCUT2D eigenvalue weighted by atomic mass is 10.1. The summed E-state index contributed by atoms with van der Waals surface area (Å²) in [5.41, 5.74) is 2.16. The van der Waals surface area contributed by atoms with E-state index in [9.17, 15) is 0 Å². The molecule has 3 rings (SSSR count). The van der Waals surface area contributed by atoms with Crippen LogP contribution in [0.1, 0.15) is 19.3 Å². The minimum absolute atomic E-state index is 0.510. The van der Waals surface area contributed by atoms with Crippen molar-refractivity contribution in [3.63, 3.8) is 0 Å². The summed E-state index contributed by atoms with van der Waals surface area (Å²) in [6, 6.07) is 10.9. The molecule has 1 fully saturated rings. The second kappa shape index (κ2) is 5.36. The predicted octanol–water partition coefficient (Wildman–Crippen LogP) is 3.22. The summed E-state index contributed by atoms with van der Waals surface area (Å²) < 4.78 is 5.48. The molecule has 2 aromatic rings. The Hall–Kier alpha value is -1.61. The fraction of sp³-hybridized carbons (Fsp3) is 0.400. The van der Waals surface area contributed by atoms with Crippen molar-refractivity contribution in [1.29, 1.82) is 0 Å². The van der Waals surface area contributed by atoms with Crippen molar-refractivity contribution in [2.24, 2.45) is 0 Å². The Bertz CT molecular complexity index is 519. The molecule has 18 heavy (non-hydrogen) atoms. The van der Waals surface area contributed by atoms with Crippen LogP contribution in [-0.4, -0.2) is 24.2 Å². The zero-order valence-electron chi connectivity index (χ0n) is 10.4. The van der Waals surface area contributed by atoms with Crippen LogP contribution < -0.4 is 5.32 Å². The molecule has 94 valence electrons. The van der Waals surface area contributed by atoms with Gasteiger partial charge in [-0.3, -0.25) is 4.98 Å². The number of fused-ring (bicyclic) bond motifs is 1. The molecule has 1 aliphatic rings. The molecule has 2 heterocycles. The summed E-state index contributed by atoms with van der Waals surface area (Å²) in [6.45, 7) is 1.76. The Morgan fingerprint density at radius 1 is 1.17 bits per heavy atom. The van der Waals surface area contributed by atoms with Crippen molar-refractivity contribution < 1.29 is 4.74 Å². The molecule has 0 amide bonds. The first-order valence-electron chi connectivity index (χ1n) is 6.61. The van der Waals surface area contributed by atoms with Gasteiger partial charge in [0.25, 0.3) is 0 Å². The van der Waals surface area contributed by atoms with Crippen LogP contribution in [0.15, 0.2) is 36.5 Å². The summed E-state index contributed by atoms with van der Waals surface area (Å²) in [5, 5.41) is 4.76. The highest BCUT2D eigenvalue weighted by Crippen LogP contribution is 2.19. The predicted molar refractivity (Wildman–Crippen MR) is 73.8 cm³/mol. The van der Waals surface area contributed by atoms with Crippen LogP contribution in [0.5, 0.6) is 0 Å². The second-order valence-electron chi connectivity index (χ2n) is 4.80. The van der Waals surface area contributed by atoms with Gasteiger partial charge in [0, 0.05) is 24.6 Å². The van der Waals surface area contributed by atoms with Crippen LogP contribution in [0.2, 0.25) is 0 Å². The number of anilines is 1. The minimum Gasteiger partial charge on any atom is -0.381 e. The van der Waals surface area contributed by atoms with Crippen molar-refractivity contribution >= 4 is 16.6 Å². The molecule has 0 spiro atoms.